The van der Waals surface area contributed by atoms with E-state index >= 15 is 0 Å². The van der Waals surface area contributed by atoms with Crippen LogP contribution in [-0.2, 0) is 0 Å². The fourth-order valence-electron chi connectivity index (χ4n) is 1.43. The molecule has 0 saturated heterocycles. The van der Waals surface area contributed by atoms with Crippen LogP contribution < -0.4 is 4.74 Å². The summed E-state index contributed by atoms with van der Waals surface area (Å²) in [6.45, 7) is 3.59. The van der Waals surface area contributed by atoms with E-state index in [0.717, 1.165) is 5.69 Å². The van der Waals surface area contributed by atoms with E-state index in [-0.39, 0.29) is 0 Å². The van der Waals surface area contributed by atoms with E-state index in [1.807, 2.05) is 19.1 Å². The zero-order valence-corrected chi connectivity index (χ0v) is 9.79. The van der Waals surface area contributed by atoms with Crippen molar-refractivity contribution in [3.8, 4) is 11.6 Å². The molecule has 0 aliphatic heterocycles. The third kappa shape index (κ3) is 2.79. The van der Waals surface area contributed by atoms with Gasteiger partial charge >= 0.3 is 0 Å². The number of aryl methyl sites for hydroxylation is 1. The van der Waals surface area contributed by atoms with Crippen molar-refractivity contribution >= 4 is 0 Å². The molecule has 0 unspecified atom stereocenters. The van der Waals surface area contributed by atoms with Crippen molar-refractivity contribution in [3.05, 3.63) is 47.9 Å². The Morgan fingerprint density at radius 2 is 2.06 bits per heavy atom. The molecule has 88 valence electrons. The van der Waals surface area contributed by atoms with Crippen molar-refractivity contribution in [1.29, 1.82) is 0 Å². The minimum Gasteiger partial charge on any atom is -0.437 e. The average molecular weight is 230 g/mol. The van der Waals surface area contributed by atoms with Gasteiger partial charge in [0.1, 0.15) is 5.75 Å². The molecule has 2 aromatic heterocycles. The van der Waals surface area contributed by atoms with Gasteiger partial charge in [0.15, 0.2) is 0 Å². The standard InChI is InChI=1S/C13H14N2O2/c1-9-5-6-11(8-15-9)17-13-12(10(2)16)4-3-7-14-13/h3-8,10,16H,1-2H3/t10-/m1/s1. The molecule has 0 saturated carbocycles. The number of nitrogens with zero attached hydrogens (tertiary/aromatic N) is 2. The third-order valence-electron chi connectivity index (χ3n) is 2.35. The van der Waals surface area contributed by atoms with Gasteiger partial charge in [0, 0.05) is 17.5 Å². The molecule has 4 heteroatoms. The van der Waals surface area contributed by atoms with E-state index in [1.54, 1.807) is 31.5 Å². The Kier molecular flexibility index (Phi) is 3.35. The normalized spacial score (nSPS) is 12.2. The van der Waals surface area contributed by atoms with Gasteiger partial charge in [0.2, 0.25) is 5.88 Å². The summed E-state index contributed by atoms with van der Waals surface area (Å²) in [5.74, 6) is 1.02. The van der Waals surface area contributed by atoms with Crippen LogP contribution in [0.25, 0.3) is 0 Å². The first kappa shape index (κ1) is 11.5. The Balaban J connectivity index is 2.26. The van der Waals surface area contributed by atoms with E-state index in [1.165, 1.54) is 0 Å². The van der Waals surface area contributed by atoms with Crippen molar-refractivity contribution in [1.82, 2.24) is 9.97 Å². The lowest BCUT2D eigenvalue weighted by Gasteiger charge is -2.11. The summed E-state index contributed by atoms with van der Waals surface area (Å²) in [5.41, 5.74) is 1.59. The van der Waals surface area contributed by atoms with E-state index in [2.05, 4.69) is 9.97 Å². The molecular weight excluding hydrogens is 216 g/mol. The maximum atomic E-state index is 9.59. The second-order valence-electron chi connectivity index (χ2n) is 3.81. The van der Waals surface area contributed by atoms with Crippen molar-refractivity contribution in [2.75, 3.05) is 0 Å². The van der Waals surface area contributed by atoms with Crippen molar-refractivity contribution in [2.24, 2.45) is 0 Å². The highest BCUT2D eigenvalue weighted by molar-refractivity contribution is 5.32. The number of hydrogen-bond acceptors (Lipinski definition) is 4. The molecule has 0 bridgehead atoms. The average Bonchev–Trinajstić information content (AvgIpc) is 2.32. The summed E-state index contributed by atoms with van der Waals surface area (Å²) in [7, 11) is 0. The van der Waals surface area contributed by atoms with Crippen LogP contribution in [0.1, 0.15) is 24.3 Å². The van der Waals surface area contributed by atoms with E-state index in [4.69, 9.17) is 4.74 Å². The summed E-state index contributed by atoms with van der Waals surface area (Å²) in [5, 5.41) is 9.59. The van der Waals surface area contributed by atoms with Crippen LogP contribution in [0.2, 0.25) is 0 Å². The maximum absolute atomic E-state index is 9.59. The van der Waals surface area contributed by atoms with E-state index in [9.17, 15) is 5.11 Å². The molecule has 0 aliphatic rings. The molecule has 17 heavy (non-hydrogen) atoms. The number of ether oxygens (including phenoxy) is 1. The molecule has 4 nitrogen and oxygen atoms in total. The number of aromatic nitrogens is 2. The quantitative estimate of drug-likeness (QED) is 0.880. The lowest BCUT2D eigenvalue weighted by molar-refractivity contribution is 0.194. The fraction of sp³-hybridized carbons (Fsp3) is 0.231. The van der Waals surface area contributed by atoms with Crippen LogP contribution in [0.4, 0.5) is 0 Å². The molecule has 0 aliphatic carbocycles. The molecule has 0 radical (unpaired) electrons. The predicted octanol–water partition coefficient (Wildman–Crippen LogP) is 2.63. The Bertz CT molecular complexity index is 495. The number of pyridine rings is 2. The number of aliphatic hydroxyl groups is 1. The van der Waals surface area contributed by atoms with Crippen LogP contribution in [0, 0.1) is 6.92 Å². The fourth-order valence-corrected chi connectivity index (χ4v) is 1.43. The second-order valence-corrected chi connectivity index (χ2v) is 3.81. The van der Waals surface area contributed by atoms with Gasteiger partial charge in [-0.25, -0.2) is 4.98 Å². The monoisotopic (exact) mass is 230 g/mol. The lowest BCUT2D eigenvalue weighted by Crippen LogP contribution is -1.98. The van der Waals surface area contributed by atoms with Gasteiger partial charge < -0.3 is 9.84 Å². The summed E-state index contributed by atoms with van der Waals surface area (Å²) >= 11 is 0. The zero-order valence-electron chi connectivity index (χ0n) is 9.79. The lowest BCUT2D eigenvalue weighted by atomic mass is 10.2. The molecule has 2 aromatic rings. The molecule has 1 N–H and O–H groups in total. The third-order valence-corrected chi connectivity index (χ3v) is 2.35. The van der Waals surface area contributed by atoms with Gasteiger partial charge in [-0.3, -0.25) is 4.98 Å². The first-order valence-electron chi connectivity index (χ1n) is 5.40. The maximum Gasteiger partial charge on any atom is 0.225 e. The van der Waals surface area contributed by atoms with Crippen molar-refractivity contribution in [3.63, 3.8) is 0 Å². The first-order valence-corrected chi connectivity index (χ1v) is 5.40. The molecule has 0 aromatic carbocycles. The summed E-state index contributed by atoms with van der Waals surface area (Å²) in [4.78, 5) is 8.24. The van der Waals surface area contributed by atoms with Crippen molar-refractivity contribution < 1.29 is 9.84 Å². The van der Waals surface area contributed by atoms with Gasteiger partial charge in [-0.2, -0.15) is 0 Å². The number of aliphatic hydroxyl groups excluding tert-OH is 1. The summed E-state index contributed by atoms with van der Waals surface area (Å²) in [6.07, 6.45) is 2.65. The molecular formula is C13H14N2O2. The van der Waals surface area contributed by atoms with Crippen LogP contribution in [0.3, 0.4) is 0 Å². The minimum absolute atomic E-state index is 0.410. The zero-order chi connectivity index (χ0) is 12.3. The van der Waals surface area contributed by atoms with Crippen LogP contribution in [0.15, 0.2) is 36.7 Å². The Hall–Kier alpha value is -1.94. The van der Waals surface area contributed by atoms with E-state index < -0.39 is 6.10 Å². The smallest absolute Gasteiger partial charge is 0.225 e. The van der Waals surface area contributed by atoms with Gasteiger partial charge in [-0.15, -0.1) is 0 Å². The Labute approximate surface area is 99.9 Å². The van der Waals surface area contributed by atoms with Gasteiger partial charge in [-0.05, 0) is 38.1 Å². The van der Waals surface area contributed by atoms with Gasteiger partial charge in [-0.1, -0.05) is 0 Å². The van der Waals surface area contributed by atoms with Crippen LogP contribution in [0.5, 0.6) is 11.6 Å². The minimum atomic E-state index is -0.614. The number of hydrogen-bond donors (Lipinski definition) is 1. The van der Waals surface area contributed by atoms with Crippen molar-refractivity contribution in [2.45, 2.75) is 20.0 Å². The summed E-state index contributed by atoms with van der Waals surface area (Å²) < 4.78 is 5.59. The highest BCUT2D eigenvalue weighted by atomic mass is 16.5. The predicted molar refractivity (Wildman–Crippen MR) is 63.9 cm³/mol. The molecule has 0 amide bonds. The first-order chi connectivity index (χ1) is 8.16. The highest BCUT2D eigenvalue weighted by Crippen LogP contribution is 2.26. The molecule has 0 spiro atoms. The van der Waals surface area contributed by atoms with Gasteiger partial charge in [0.25, 0.3) is 0 Å². The largest absolute Gasteiger partial charge is 0.437 e. The molecule has 0 fully saturated rings. The molecule has 2 rings (SSSR count). The molecule has 2 heterocycles. The van der Waals surface area contributed by atoms with Gasteiger partial charge in [0.05, 0.1) is 12.3 Å². The van der Waals surface area contributed by atoms with Crippen LogP contribution in [-0.4, -0.2) is 15.1 Å². The molecule has 1 atom stereocenters. The SMILES string of the molecule is Cc1ccc(Oc2ncccc2[C@@H](C)O)cn1. The number of rotatable bonds is 3. The van der Waals surface area contributed by atoms with E-state index in [0.29, 0.717) is 17.2 Å². The Morgan fingerprint density at radius 1 is 1.24 bits per heavy atom. The highest BCUT2D eigenvalue weighted by Gasteiger charge is 2.10. The topological polar surface area (TPSA) is 55.2 Å². The second kappa shape index (κ2) is 4.93. The van der Waals surface area contributed by atoms with Crippen LogP contribution >= 0.6 is 0 Å². The summed E-state index contributed by atoms with van der Waals surface area (Å²) in [6, 6.07) is 7.24. The Morgan fingerprint density at radius 3 is 2.71 bits per heavy atom.